The maximum atomic E-state index is 12.4. The van der Waals surface area contributed by atoms with E-state index < -0.39 is 5.92 Å². The van der Waals surface area contributed by atoms with Crippen molar-refractivity contribution in [3.63, 3.8) is 0 Å². The Kier molecular flexibility index (Phi) is 6.12. The van der Waals surface area contributed by atoms with E-state index in [1.807, 2.05) is 11.8 Å². The lowest BCUT2D eigenvalue weighted by Crippen LogP contribution is -2.46. The third-order valence-electron chi connectivity index (χ3n) is 4.14. The molecule has 1 rings (SSSR count). The number of rotatable bonds is 5. The Balaban J connectivity index is 2.62. The fourth-order valence-corrected chi connectivity index (χ4v) is 2.76. The van der Waals surface area contributed by atoms with Gasteiger partial charge in [-0.15, -0.1) is 0 Å². The lowest BCUT2D eigenvalue weighted by Gasteiger charge is -2.35. The molecule has 0 aromatic carbocycles. The number of carbonyl (C=O) groups excluding carboxylic acids is 1. The van der Waals surface area contributed by atoms with Gasteiger partial charge in [0, 0.05) is 13.1 Å². The summed E-state index contributed by atoms with van der Waals surface area (Å²) in [5.41, 5.74) is 5.64. The molecule has 5 nitrogen and oxygen atoms in total. The highest BCUT2D eigenvalue weighted by molar-refractivity contribution is 6.02. The number of piperidine rings is 1. The summed E-state index contributed by atoms with van der Waals surface area (Å²) >= 11 is 0. The molecule has 3 N–H and O–H groups in total. The summed E-state index contributed by atoms with van der Waals surface area (Å²) in [7, 11) is 0. The van der Waals surface area contributed by atoms with Gasteiger partial charge in [-0.25, -0.2) is 0 Å². The maximum absolute atomic E-state index is 12.4. The van der Waals surface area contributed by atoms with Gasteiger partial charge in [0.15, 0.2) is 5.84 Å². The minimum absolute atomic E-state index is 0.0133. The van der Waals surface area contributed by atoms with E-state index >= 15 is 0 Å². The van der Waals surface area contributed by atoms with E-state index in [-0.39, 0.29) is 11.7 Å². The van der Waals surface area contributed by atoms with Gasteiger partial charge < -0.3 is 15.8 Å². The summed E-state index contributed by atoms with van der Waals surface area (Å²) in [6.45, 7) is 8.05. The number of carbonyl (C=O) groups is 1. The number of oxime groups is 1. The van der Waals surface area contributed by atoms with E-state index in [2.05, 4.69) is 19.0 Å². The van der Waals surface area contributed by atoms with Crippen LogP contribution in [0.4, 0.5) is 0 Å². The average molecular weight is 269 g/mol. The van der Waals surface area contributed by atoms with Crippen molar-refractivity contribution < 1.29 is 10.0 Å². The molecule has 0 bridgehead atoms. The van der Waals surface area contributed by atoms with Crippen LogP contribution in [-0.2, 0) is 4.79 Å². The highest BCUT2D eigenvalue weighted by Gasteiger charge is 2.30. The van der Waals surface area contributed by atoms with Gasteiger partial charge in [0.25, 0.3) is 0 Å². The quantitative estimate of drug-likeness (QED) is 0.347. The Labute approximate surface area is 115 Å². The standard InChI is InChI=1S/C14H27N3O2/c1-4-5-12(13(15)16-19)14(18)17-8-6-11(7-9-17)10(2)3/h10-12,19H,4-9H2,1-3H3,(H2,15,16). The van der Waals surface area contributed by atoms with Crippen LogP contribution in [-0.4, -0.2) is 34.9 Å². The Hall–Kier alpha value is -1.26. The summed E-state index contributed by atoms with van der Waals surface area (Å²) < 4.78 is 0. The van der Waals surface area contributed by atoms with E-state index in [0.717, 1.165) is 32.4 Å². The van der Waals surface area contributed by atoms with Crippen LogP contribution in [0.3, 0.4) is 0 Å². The van der Waals surface area contributed by atoms with Crippen LogP contribution in [0.5, 0.6) is 0 Å². The van der Waals surface area contributed by atoms with Crippen LogP contribution >= 0.6 is 0 Å². The Morgan fingerprint density at radius 2 is 2.00 bits per heavy atom. The van der Waals surface area contributed by atoms with Crippen molar-refractivity contribution in [3.05, 3.63) is 0 Å². The van der Waals surface area contributed by atoms with Gasteiger partial charge in [-0.1, -0.05) is 32.3 Å². The number of nitrogens with zero attached hydrogens (tertiary/aromatic N) is 2. The predicted molar refractivity (Wildman–Crippen MR) is 75.9 cm³/mol. The van der Waals surface area contributed by atoms with Crippen LogP contribution in [0.25, 0.3) is 0 Å². The minimum atomic E-state index is -0.467. The molecule has 110 valence electrons. The van der Waals surface area contributed by atoms with Gasteiger partial charge in [0.1, 0.15) is 0 Å². The SMILES string of the molecule is CCCC(C(=O)N1CCC(C(C)C)CC1)C(N)=NO. The maximum Gasteiger partial charge on any atom is 0.233 e. The van der Waals surface area contributed by atoms with E-state index in [4.69, 9.17) is 10.9 Å². The molecular formula is C14H27N3O2. The van der Waals surface area contributed by atoms with E-state index in [1.54, 1.807) is 0 Å². The van der Waals surface area contributed by atoms with E-state index in [1.165, 1.54) is 0 Å². The highest BCUT2D eigenvalue weighted by Crippen LogP contribution is 2.25. The van der Waals surface area contributed by atoms with Gasteiger partial charge in [-0.3, -0.25) is 4.79 Å². The van der Waals surface area contributed by atoms with E-state index in [9.17, 15) is 4.79 Å². The zero-order valence-electron chi connectivity index (χ0n) is 12.3. The Morgan fingerprint density at radius 1 is 1.42 bits per heavy atom. The smallest absolute Gasteiger partial charge is 0.233 e. The van der Waals surface area contributed by atoms with Crippen molar-refractivity contribution in [2.45, 2.75) is 46.5 Å². The van der Waals surface area contributed by atoms with Crippen molar-refractivity contribution in [1.82, 2.24) is 4.90 Å². The van der Waals surface area contributed by atoms with Crippen LogP contribution in [0.2, 0.25) is 0 Å². The third-order valence-corrected chi connectivity index (χ3v) is 4.14. The van der Waals surface area contributed by atoms with Crippen molar-refractivity contribution >= 4 is 11.7 Å². The predicted octanol–water partition coefficient (Wildman–Crippen LogP) is 2.04. The lowest BCUT2D eigenvalue weighted by molar-refractivity contribution is -0.135. The number of amides is 1. The highest BCUT2D eigenvalue weighted by atomic mass is 16.4. The normalized spacial score (nSPS) is 19.8. The number of hydrogen-bond donors (Lipinski definition) is 2. The molecule has 0 saturated carbocycles. The van der Waals surface area contributed by atoms with Crippen molar-refractivity contribution in [1.29, 1.82) is 0 Å². The van der Waals surface area contributed by atoms with Crippen LogP contribution in [0.1, 0.15) is 46.5 Å². The molecule has 0 radical (unpaired) electrons. The first kappa shape index (κ1) is 15.8. The molecule has 0 aromatic rings. The van der Waals surface area contributed by atoms with Crippen LogP contribution in [0.15, 0.2) is 5.16 Å². The molecule has 5 heteroatoms. The first-order valence-corrected chi connectivity index (χ1v) is 7.27. The number of hydrogen-bond acceptors (Lipinski definition) is 3. The zero-order chi connectivity index (χ0) is 14.4. The van der Waals surface area contributed by atoms with Gasteiger partial charge in [-0.05, 0) is 31.1 Å². The molecule has 1 heterocycles. The first-order valence-electron chi connectivity index (χ1n) is 7.27. The number of nitrogens with two attached hydrogens (primary N) is 1. The van der Waals surface area contributed by atoms with E-state index in [0.29, 0.717) is 18.3 Å². The zero-order valence-corrected chi connectivity index (χ0v) is 12.3. The second kappa shape index (κ2) is 7.36. The molecule has 19 heavy (non-hydrogen) atoms. The molecule has 1 aliphatic heterocycles. The summed E-state index contributed by atoms with van der Waals surface area (Å²) in [4.78, 5) is 14.3. The largest absolute Gasteiger partial charge is 0.409 e. The van der Waals surface area contributed by atoms with Crippen molar-refractivity contribution in [3.8, 4) is 0 Å². The molecule has 1 aliphatic rings. The molecule has 1 amide bonds. The summed E-state index contributed by atoms with van der Waals surface area (Å²) in [5, 5.41) is 11.8. The molecule has 0 aliphatic carbocycles. The fourth-order valence-electron chi connectivity index (χ4n) is 2.76. The topological polar surface area (TPSA) is 78.9 Å². The third kappa shape index (κ3) is 4.11. The molecule has 1 fully saturated rings. The van der Waals surface area contributed by atoms with Crippen LogP contribution < -0.4 is 5.73 Å². The lowest BCUT2D eigenvalue weighted by atomic mass is 9.86. The Morgan fingerprint density at radius 3 is 2.42 bits per heavy atom. The second-order valence-electron chi connectivity index (χ2n) is 5.77. The monoisotopic (exact) mass is 269 g/mol. The number of amidine groups is 1. The van der Waals surface area contributed by atoms with Gasteiger partial charge in [-0.2, -0.15) is 0 Å². The minimum Gasteiger partial charge on any atom is -0.409 e. The second-order valence-corrected chi connectivity index (χ2v) is 5.77. The number of likely N-dealkylation sites (tertiary alicyclic amines) is 1. The Bertz CT molecular complexity index is 321. The summed E-state index contributed by atoms with van der Waals surface area (Å²) in [6, 6.07) is 0. The average Bonchev–Trinajstić information content (AvgIpc) is 2.43. The van der Waals surface area contributed by atoms with Crippen molar-refractivity contribution in [2.24, 2.45) is 28.6 Å². The van der Waals surface area contributed by atoms with Gasteiger partial charge in [0.05, 0.1) is 5.92 Å². The molecule has 1 saturated heterocycles. The molecule has 1 atom stereocenters. The fraction of sp³-hybridized carbons (Fsp3) is 0.857. The van der Waals surface area contributed by atoms with Crippen LogP contribution in [0, 0.1) is 17.8 Å². The summed E-state index contributed by atoms with van der Waals surface area (Å²) in [5.74, 6) is 0.966. The molecule has 0 spiro atoms. The molecule has 1 unspecified atom stereocenters. The van der Waals surface area contributed by atoms with Gasteiger partial charge in [0.2, 0.25) is 5.91 Å². The molecular weight excluding hydrogens is 242 g/mol. The van der Waals surface area contributed by atoms with Crippen molar-refractivity contribution in [2.75, 3.05) is 13.1 Å². The first-order chi connectivity index (χ1) is 9.01. The summed E-state index contributed by atoms with van der Waals surface area (Å²) in [6.07, 6.45) is 3.59. The van der Waals surface area contributed by atoms with Gasteiger partial charge >= 0.3 is 0 Å². The molecule has 0 aromatic heterocycles.